The van der Waals surface area contributed by atoms with Crippen LogP contribution in [0.5, 0.6) is 0 Å². The normalized spacial score (nSPS) is 23.8. The highest BCUT2D eigenvalue weighted by atomic mass is 16.3. The van der Waals surface area contributed by atoms with Crippen molar-refractivity contribution in [3.05, 3.63) is 60.2 Å². The summed E-state index contributed by atoms with van der Waals surface area (Å²) in [5.41, 5.74) is 3.38. The third-order valence-electron chi connectivity index (χ3n) is 5.87. The van der Waals surface area contributed by atoms with Gasteiger partial charge < -0.3 is 15.3 Å². The molecule has 5 nitrogen and oxygen atoms in total. The lowest BCUT2D eigenvalue weighted by atomic mass is 9.74. The zero-order valence-corrected chi connectivity index (χ0v) is 16.0. The number of carbonyl (C=O) groups excluding carboxylic acids is 2. The maximum absolute atomic E-state index is 12.7. The minimum absolute atomic E-state index is 0.0179. The van der Waals surface area contributed by atoms with Crippen LogP contribution in [0.2, 0.25) is 0 Å². The second kappa shape index (κ2) is 7.76. The second-order valence-corrected chi connectivity index (χ2v) is 7.79. The van der Waals surface area contributed by atoms with Crippen LogP contribution in [0.3, 0.4) is 0 Å². The van der Waals surface area contributed by atoms with E-state index in [0.29, 0.717) is 6.54 Å². The van der Waals surface area contributed by atoms with E-state index in [1.54, 1.807) is 0 Å². The van der Waals surface area contributed by atoms with E-state index >= 15 is 0 Å². The molecule has 146 valence electrons. The predicted octanol–water partition coefficient (Wildman–Crippen LogP) is 2.56. The van der Waals surface area contributed by atoms with Gasteiger partial charge in [-0.2, -0.15) is 0 Å². The Morgan fingerprint density at radius 2 is 1.64 bits per heavy atom. The first-order valence-corrected chi connectivity index (χ1v) is 9.93. The molecule has 0 spiro atoms. The number of likely N-dealkylation sites (tertiary alicyclic amines) is 1. The van der Waals surface area contributed by atoms with Gasteiger partial charge in [0, 0.05) is 25.3 Å². The van der Waals surface area contributed by atoms with Gasteiger partial charge in [-0.05, 0) is 29.5 Å². The molecule has 2 aliphatic rings. The van der Waals surface area contributed by atoms with Crippen LogP contribution in [0.25, 0.3) is 11.1 Å². The highest BCUT2D eigenvalue weighted by molar-refractivity contribution is 5.83. The number of rotatable bonds is 6. The first-order chi connectivity index (χ1) is 13.6. The van der Waals surface area contributed by atoms with Crippen LogP contribution in [-0.2, 0) is 9.59 Å². The van der Waals surface area contributed by atoms with Crippen LogP contribution in [-0.4, -0.2) is 47.1 Å². The molecule has 5 heteroatoms. The molecule has 2 fully saturated rings. The maximum atomic E-state index is 12.7. The minimum Gasteiger partial charge on any atom is -0.394 e. The first kappa shape index (κ1) is 18.7. The molecular weight excluding hydrogens is 352 g/mol. The van der Waals surface area contributed by atoms with Crippen molar-refractivity contribution in [2.75, 3.05) is 13.2 Å². The Bertz CT molecular complexity index is 846. The van der Waals surface area contributed by atoms with Crippen LogP contribution in [0, 0.1) is 5.92 Å². The number of nitrogens with zero attached hydrogens (tertiary/aromatic N) is 1. The van der Waals surface area contributed by atoms with Crippen molar-refractivity contribution in [1.82, 2.24) is 10.2 Å². The van der Waals surface area contributed by atoms with E-state index < -0.39 is 0 Å². The van der Waals surface area contributed by atoms with Gasteiger partial charge in [0.25, 0.3) is 0 Å². The number of amides is 2. The lowest BCUT2D eigenvalue weighted by Crippen LogP contribution is -2.68. The lowest BCUT2D eigenvalue weighted by molar-refractivity contribution is -0.152. The molecule has 1 aliphatic carbocycles. The maximum Gasteiger partial charge on any atom is 0.226 e. The molecule has 0 bridgehead atoms. The molecule has 0 aromatic heterocycles. The molecule has 2 amide bonds. The second-order valence-electron chi connectivity index (χ2n) is 7.79. The Morgan fingerprint density at radius 1 is 1.00 bits per heavy atom. The van der Waals surface area contributed by atoms with E-state index in [4.69, 9.17) is 0 Å². The molecule has 2 aromatic carbocycles. The summed E-state index contributed by atoms with van der Waals surface area (Å²) >= 11 is 0. The quantitative estimate of drug-likeness (QED) is 0.812. The van der Waals surface area contributed by atoms with Gasteiger partial charge >= 0.3 is 0 Å². The Kier molecular flexibility index (Phi) is 5.18. The van der Waals surface area contributed by atoms with Crippen molar-refractivity contribution < 1.29 is 14.7 Å². The standard InChI is InChI=1S/C23H26N2O3/c1-15(27)24-13-20-22(21(14-26)25(20)23(28)19-11-12-19)18-9-7-17(8-10-18)16-5-3-2-4-6-16/h2-10,19-22,26H,11-14H2,1H3,(H,24,27)/t20-,21-,22-/m1/s1. The van der Waals surface area contributed by atoms with Crippen molar-refractivity contribution in [2.24, 2.45) is 5.92 Å². The van der Waals surface area contributed by atoms with Crippen LogP contribution in [0.4, 0.5) is 0 Å². The molecule has 3 atom stereocenters. The van der Waals surface area contributed by atoms with Gasteiger partial charge in [-0.25, -0.2) is 0 Å². The van der Waals surface area contributed by atoms with Gasteiger partial charge in [0.15, 0.2) is 0 Å². The summed E-state index contributed by atoms with van der Waals surface area (Å²) in [7, 11) is 0. The zero-order valence-electron chi connectivity index (χ0n) is 16.0. The number of hydrogen-bond acceptors (Lipinski definition) is 3. The molecule has 2 aromatic rings. The average Bonchev–Trinajstić information content (AvgIpc) is 3.54. The molecule has 1 saturated carbocycles. The summed E-state index contributed by atoms with van der Waals surface area (Å²) in [5.74, 6) is 0.121. The molecule has 2 N–H and O–H groups in total. The number of benzene rings is 2. The monoisotopic (exact) mass is 378 g/mol. The Morgan fingerprint density at radius 3 is 2.21 bits per heavy atom. The molecule has 4 rings (SSSR count). The summed E-state index contributed by atoms with van der Waals surface area (Å²) in [4.78, 5) is 26.0. The summed E-state index contributed by atoms with van der Waals surface area (Å²) in [5, 5.41) is 12.8. The lowest BCUT2D eigenvalue weighted by Gasteiger charge is -2.55. The van der Waals surface area contributed by atoms with Crippen LogP contribution >= 0.6 is 0 Å². The molecule has 28 heavy (non-hydrogen) atoms. The summed E-state index contributed by atoms with van der Waals surface area (Å²) in [6, 6.07) is 18.2. The topological polar surface area (TPSA) is 69.6 Å². The van der Waals surface area contributed by atoms with Crippen LogP contribution in [0.1, 0.15) is 31.2 Å². The Labute approximate surface area is 165 Å². The van der Waals surface area contributed by atoms with Crippen molar-refractivity contribution in [3.63, 3.8) is 0 Å². The molecular formula is C23H26N2O3. The Balaban J connectivity index is 1.58. The third kappa shape index (κ3) is 3.54. The van der Waals surface area contributed by atoms with E-state index in [1.165, 1.54) is 6.92 Å². The molecule has 0 radical (unpaired) electrons. The van der Waals surface area contributed by atoms with Gasteiger partial charge in [-0.15, -0.1) is 0 Å². The summed E-state index contributed by atoms with van der Waals surface area (Å²) in [6.07, 6.45) is 1.85. The fraction of sp³-hybridized carbons (Fsp3) is 0.391. The molecule has 1 heterocycles. The zero-order chi connectivity index (χ0) is 19.7. The summed E-state index contributed by atoms with van der Waals surface area (Å²) < 4.78 is 0. The van der Waals surface area contributed by atoms with Gasteiger partial charge in [-0.1, -0.05) is 54.6 Å². The van der Waals surface area contributed by atoms with Gasteiger partial charge in [0.1, 0.15) is 0 Å². The largest absolute Gasteiger partial charge is 0.394 e. The number of nitrogens with one attached hydrogen (secondary N) is 1. The van der Waals surface area contributed by atoms with Crippen molar-refractivity contribution in [1.29, 1.82) is 0 Å². The van der Waals surface area contributed by atoms with Gasteiger partial charge in [-0.3, -0.25) is 9.59 Å². The molecule has 1 aliphatic heterocycles. The molecule has 1 saturated heterocycles. The van der Waals surface area contributed by atoms with Crippen molar-refractivity contribution in [3.8, 4) is 11.1 Å². The van der Waals surface area contributed by atoms with Gasteiger partial charge in [0.2, 0.25) is 11.8 Å². The number of carbonyl (C=O) groups is 2. The first-order valence-electron chi connectivity index (χ1n) is 9.93. The minimum atomic E-state index is -0.227. The predicted molar refractivity (Wildman–Crippen MR) is 108 cm³/mol. The van der Waals surface area contributed by atoms with Gasteiger partial charge in [0.05, 0.1) is 18.7 Å². The van der Waals surface area contributed by atoms with Crippen molar-refractivity contribution >= 4 is 11.8 Å². The Hall–Kier alpha value is -2.66. The smallest absolute Gasteiger partial charge is 0.226 e. The average molecular weight is 378 g/mol. The highest BCUT2D eigenvalue weighted by Crippen LogP contribution is 2.44. The number of aliphatic hydroxyl groups excluding tert-OH is 1. The van der Waals surface area contributed by atoms with Crippen LogP contribution < -0.4 is 5.32 Å². The summed E-state index contributed by atoms with van der Waals surface area (Å²) in [6.45, 7) is 1.83. The fourth-order valence-corrected chi connectivity index (χ4v) is 4.26. The fourth-order valence-electron chi connectivity index (χ4n) is 4.26. The SMILES string of the molecule is CC(=O)NC[C@@H]1[C@@H](c2ccc(-c3ccccc3)cc2)[C@@H](CO)N1C(=O)C1CC1. The third-order valence-corrected chi connectivity index (χ3v) is 5.87. The van der Waals surface area contributed by atoms with E-state index in [2.05, 4.69) is 41.7 Å². The molecule has 0 unspecified atom stereocenters. The highest BCUT2D eigenvalue weighted by Gasteiger charge is 2.53. The number of hydrogen-bond donors (Lipinski definition) is 2. The van der Waals surface area contributed by atoms with E-state index in [-0.39, 0.29) is 42.3 Å². The van der Waals surface area contributed by atoms with E-state index in [1.807, 2.05) is 23.1 Å². The van der Waals surface area contributed by atoms with E-state index in [9.17, 15) is 14.7 Å². The van der Waals surface area contributed by atoms with E-state index in [0.717, 1.165) is 29.5 Å². The van der Waals surface area contributed by atoms with Crippen LogP contribution in [0.15, 0.2) is 54.6 Å². The number of aliphatic hydroxyl groups is 1. The van der Waals surface area contributed by atoms with Crippen molar-refractivity contribution in [2.45, 2.75) is 37.8 Å².